The van der Waals surface area contributed by atoms with E-state index in [-0.39, 0.29) is 49.7 Å². The van der Waals surface area contributed by atoms with Gasteiger partial charge in [-0.15, -0.1) is 0 Å². The highest BCUT2D eigenvalue weighted by Gasteiger charge is 2.51. The number of rotatable bonds is 25. The number of hydrogen-bond acceptors (Lipinski definition) is 12. The van der Waals surface area contributed by atoms with Gasteiger partial charge in [0.1, 0.15) is 31.3 Å². The van der Waals surface area contributed by atoms with Crippen molar-refractivity contribution >= 4 is 15.8 Å². The summed E-state index contributed by atoms with van der Waals surface area (Å²) in [6.45, 7) is 2.19. The van der Waals surface area contributed by atoms with E-state index in [4.69, 9.17) is 37.9 Å². The first-order valence-electron chi connectivity index (χ1n) is 12.6. The van der Waals surface area contributed by atoms with E-state index < -0.39 is 33.8 Å². The Hall–Kier alpha value is -2.21. The maximum absolute atomic E-state index is 13.9. The van der Waals surface area contributed by atoms with Gasteiger partial charge >= 0.3 is 11.2 Å². The predicted molar refractivity (Wildman–Crippen MR) is 139 cm³/mol. The molecular formula is C25H39F3O12S. The first-order chi connectivity index (χ1) is 19.5. The van der Waals surface area contributed by atoms with Crippen LogP contribution in [0, 0.1) is 0 Å². The highest BCUT2D eigenvalue weighted by atomic mass is 32.2. The van der Waals surface area contributed by atoms with Crippen LogP contribution >= 0.6 is 0 Å². The third kappa shape index (κ3) is 15.6. The monoisotopic (exact) mass is 620 g/mol. The van der Waals surface area contributed by atoms with Crippen LogP contribution in [0.25, 0.3) is 0 Å². The second-order valence-electron chi connectivity index (χ2n) is 8.23. The van der Waals surface area contributed by atoms with Gasteiger partial charge in [0.2, 0.25) is 16.0 Å². The molecule has 0 spiro atoms. The van der Waals surface area contributed by atoms with Crippen LogP contribution in [0.5, 0.6) is 11.5 Å². The number of carbonyl (C=O) groups is 1. The van der Waals surface area contributed by atoms with E-state index in [1.807, 2.05) is 0 Å². The van der Waals surface area contributed by atoms with Crippen molar-refractivity contribution in [2.75, 3.05) is 106 Å². The minimum absolute atomic E-state index is 0.0787. The molecule has 1 aromatic carbocycles. The van der Waals surface area contributed by atoms with Crippen molar-refractivity contribution in [1.82, 2.24) is 0 Å². The first kappa shape index (κ1) is 36.8. The number of sulfone groups is 1. The van der Waals surface area contributed by atoms with Gasteiger partial charge in [-0.2, -0.15) is 8.78 Å². The van der Waals surface area contributed by atoms with Gasteiger partial charge in [-0.1, -0.05) is 0 Å². The molecule has 0 amide bonds. The molecule has 16 heteroatoms. The van der Waals surface area contributed by atoms with Gasteiger partial charge in [-0.3, -0.25) is 0 Å². The summed E-state index contributed by atoms with van der Waals surface area (Å²) in [5.74, 6) is -0.888. The zero-order valence-electron chi connectivity index (χ0n) is 23.4. The maximum atomic E-state index is 13.9. The van der Waals surface area contributed by atoms with E-state index in [1.54, 1.807) is 14.2 Å². The molecule has 0 heterocycles. The third-order valence-electron chi connectivity index (χ3n) is 4.94. The summed E-state index contributed by atoms with van der Waals surface area (Å²) in [4.78, 5) is 12.5. The molecule has 1 aromatic rings. The molecule has 1 rings (SSSR count). The fourth-order valence-electron chi connectivity index (χ4n) is 2.78. The minimum Gasteiger partial charge on any atom is -0.491 e. The van der Waals surface area contributed by atoms with Gasteiger partial charge in [0.15, 0.2) is 0 Å². The molecule has 1 unspecified atom stereocenters. The van der Waals surface area contributed by atoms with Crippen molar-refractivity contribution in [1.29, 1.82) is 0 Å². The topological polar surface area (TPSA) is 134 Å². The molecule has 0 aliphatic carbocycles. The van der Waals surface area contributed by atoms with Gasteiger partial charge in [-0.05, 0) is 12.1 Å². The molecule has 0 N–H and O–H groups in total. The van der Waals surface area contributed by atoms with Crippen molar-refractivity contribution in [3.8, 4) is 11.5 Å². The first-order valence-corrected chi connectivity index (χ1v) is 14.5. The summed E-state index contributed by atoms with van der Waals surface area (Å²) < 4.78 is 110. The van der Waals surface area contributed by atoms with Crippen LogP contribution in [0.2, 0.25) is 0 Å². The normalized spacial score (nSPS) is 12.7. The summed E-state index contributed by atoms with van der Waals surface area (Å²) >= 11 is 0. The highest BCUT2D eigenvalue weighted by molar-refractivity contribution is 7.91. The van der Waals surface area contributed by atoms with Gasteiger partial charge in [0.05, 0.1) is 71.6 Å². The molecule has 0 aliphatic rings. The second-order valence-corrected chi connectivity index (χ2v) is 10.3. The Morgan fingerprint density at radius 2 is 1.12 bits per heavy atom. The van der Waals surface area contributed by atoms with Crippen LogP contribution < -0.4 is 9.47 Å². The van der Waals surface area contributed by atoms with E-state index in [9.17, 15) is 26.4 Å². The van der Waals surface area contributed by atoms with E-state index in [1.165, 1.54) is 18.2 Å². The molecule has 0 aromatic heterocycles. The fraction of sp³-hybridized carbons (Fsp3) is 0.720. The quantitative estimate of drug-likeness (QED) is 0.117. The Morgan fingerprint density at radius 3 is 1.51 bits per heavy atom. The summed E-state index contributed by atoms with van der Waals surface area (Å²) in [6, 6.07) is 3.94. The third-order valence-corrected chi connectivity index (χ3v) is 6.18. The van der Waals surface area contributed by atoms with Crippen molar-refractivity contribution < 1.29 is 69.0 Å². The average molecular weight is 621 g/mol. The second kappa shape index (κ2) is 20.6. The van der Waals surface area contributed by atoms with E-state index in [0.29, 0.717) is 52.9 Å². The predicted octanol–water partition coefficient (Wildman–Crippen LogP) is 1.94. The van der Waals surface area contributed by atoms with Crippen LogP contribution in [0.3, 0.4) is 0 Å². The number of carbonyl (C=O) groups excluding carboxylic acids is 1. The minimum atomic E-state index is -5.06. The molecular weight excluding hydrogens is 581 g/mol. The largest absolute Gasteiger partial charge is 0.491 e. The number of esters is 1. The molecule has 0 saturated carbocycles. The molecule has 12 nitrogen and oxygen atoms in total. The Labute approximate surface area is 238 Å². The van der Waals surface area contributed by atoms with Crippen LogP contribution in [0.4, 0.5) is 13.2 Å². The van der Waals surface area contributed by atoms with Crippen molar-refractivity contribution in [2.24, 2.45) is 0 Å². The Balaban J connectivity index is 2.70. The fourth-order valence-corrected chi connectivity index (χ4v) is 3.32. The molecule has 0 radical (unpaired) electrons. The van der Waals surface area contributed by atoms with Crippen molar-refractivity contribution in [3.63, 3.8) is 0 Å². The van der Waals surface area contributed by atoms with Crippen molar-refractivity contribution in [3.05, 3.63) is 23.8 Å². The number of methoxy groups -OCH3 is 2. The summed E-state index contributed by atoms with van der Waals surface area (Å²) in [6.07, 6.45) is -3.08. The molecule has 0 bridgehead atoms. The van der Waals surface area contributed by atoms with Crippen LogP contribution in [0.1, 0.15) is 10.4 Å². The summed E-state index contributed by atoms with van der Waals surface area (Å²) in [7, 11) is -1.94. The Morgan fingerprint density at radius 1 is 0.732 bits per heavy atom. The number of alkyl halides is 3. The lowest BCUT2D eigenvalue weighted by molar-refractivity contribution is -0.0305. The van der Waals surface area contributed by atoms with E-state index in [0.717, 1.165) is 0 Å². The van der Waals surface area contributed by atoms with Gasteiger partial charge in [0.25, 0.3) is 0 Å². The van der Waals surface area contributed by atoms with Gasteiger partial charge in [0, 0.05) is 26.5 Å². The Bertz CT molecular complexity index is 925. The lowest BCUT2D eigenvalue weighted by atomic mass is 10.2. The van der Waals surface area contributed by atoms with E-state index >= 15 is 0 Å². The lowest BCUT2D eigenvalue weighted by Crippen LogP contribution is -2.41. The molecule has 1 atom stereocenters. The SMILES string of the molecule is COCCOCCOCCOc1cc(OCCOCCOCCOC)cc(C(=O)OCC(F)C(F)(F)S(C)(=O)=O)c1. The van der Waals surface area contributed by atoms with Gasteiger partial charge < -0.3 is 42.6 Å². The zero-order chi connectivity index (χ0) is 30.6. The van der Waals surface area contributed by atoms with Gasteiger partial charge in [-0.25, -0.2) is 17.6 Å². The number of ether oxygens (including phenoxy) is 9. The van der Waals surface area contributed by atoms with Crippen LogP contribution in [-0.4, -0.2) is 132 Å². The Kier molecular flexibility index (Phi) is 18.5. The number of benzene rings is 1. The summed E-state index contributed by atoms with van der Waals surface area (Å²) in [5, 5.41) is -4.73. The molecule has 0 fully saturated rings. The maximum Gasteiger partial charge on any atom is 0.378 e. The number of hydrogen-bond donors (Lipinski definition) is 0. The zero-order valence-corrected chi connectivity index (χ0v) is 24.3. The van der Waals surface area contributed by atoms with E-state index in [2.05, 4.69) is 4.74 Å². The molecule has 238 valence electrons. The highest BCUT2D eigenvalue weighted by Crippen LogP contribution is 2.29. The summed E-state index contributed by atoms with van der Waals surface area (Å²) in [5.41, 5.74) is -0.202. The molecule has 0 saturated heterocycles. The smallest absolute Gasteiger partial charge is 0.378 e. The average Bonchev–Trinajstić information content (AvgIpc) is 2.93. The lowest BCUT2D eigenvalue weighted by Gasteiger charge is -2.18. The molecule has 41 heavy (non-hydrogen) atoms. The molecule has 0 aliphatic heterocycles. The standard InChI is InChI=1S/C25H39F3O12S/c1-32-4-6-34-8-10-36-12-14-38-21-16-20(24(29)40-19-23(26)25(27,28)41(3,30)31)17-22(18-21)39-15-13-37-11-9-35-7-5-33-2/h16-18,23H,4-15,19H2,1-3H3. The van der Waals surface area contributed by atoms with Crippen LogP contribution in [-0.2, 0) is 43.0 Å². The van der Waals surface area contributed by atoms with Crippen LogP contribution in [0.15, 0.2) is 18.2 Å². The number of halogens is 3. The van der Waals surface area contributed by atoms with Crippen molar-refractivity contribution in [2.45, 2.75) is 11.4 Å².